The minimum atomic E-state index is 0.150. The molecule has 0 N–H and O–H groups in total. The van der Waals surface area contributed by atoms with Crippen LogP contribution in [0.4, 0.5) is 0 Å². The fraction of sp³-hybridized carbons (Fsp3) is 0.562. The van der Waals surface area contributed by atoms with Crippen molar-refractivity contribution < 1.29 is 0 Å². The van der Waals surface area contributed by atoms with Gasteiger partial charge in [0, 0.05) is 12.1 Å². The van der Waals surface area contributed by atoms with E-state index in [0.29, 0.717) is 0 Å². The largest absolute Gasteiger partial charge is 0.239 e. The number of fused-ring (bicyclic) bond motifs is 1. The van der Waals surface area contributed by atoms with E-state index in [9.17, 15) is 0 Å². The van der Waals surface area contributed by atoms with E-state index >= 15 is 0 Å². The zero-order valence-corrected chi connectivity index (χ0v) is 14.6. The number of hydrogen-bond donors (Lipinski definition) is 0. The smallest absolute Gasteiger partial charge is 0.166 e. The second kappa shape index (κ2) is 6.46. The van der Waals surface area contributed by atoms with E-state index in [1.807, 2.05) is 0 Å². The number of rotatable bonds is 5. The Morgan fingerprint density at radius 1 is 1.25 bits per heavy atom. The Balaban J connectivity index is 2.14. The summed E-state index contributed by atoms with van der Waals surface area (Å²) < 4.78 is 4.88. The van der Waals surface area contributed by atoms with Gasteiger partial charge in [-0.05, 0) is 57.2 Å². The van der Waals surface area contributed by atoms with Gasteiger partial charge in [0.25, 0.3) is 0 Å². The summed E-state index contributed by atoms with van der Waals surface area (Å²) in [5, 5.41) is 0. The highest BCUT2D eigenvalue weighted by Crippen LogP contribution is 2.35. The first-order valence-electron chi connectivity index (χ1n) is 7.17. The summed E-state index contributed by atoms with van der Waals surface area (Å²) in [6.45, 7) is 12.5. The SMILES string of the molecule is CC(C)CCN(Sc1nc2ccccc2s1)C(C)(C)C. The molecule has 0 atom stereocenters. The highest BCUT2D eigenvalue weighted by Gasteiger charge is 2.23. The molecule has 1 aromatic heterocycles. The molecule has 0 saturated carbocycles. The number of para-hydroxylation sites is 1. The molecule has 1 aromatic carbocycles. The third-order valence-electron chi connectivity index (χ3n) is 3.12. The molecule has 0 fully saturated rings. The summed E-state index contributed by atoms with van der Waals surface area (Å²) in [5.74, 6) is 0.732. The van der Waals surface area contributed by atoms with Gasteiger partial charge in [-0.25, -0.2) is 9.29 Å². The molecule has 0 aliphatic heterocycles. The van der Waals surface area contributed by atoms with Crippen LogP contribution < -0.4 is 0 Å². The summed E-state index contributed by atoms with van der Waals surface area (Å²) in [5.41, 5.74) is 1.26. The summed E-state index contributed by atoms with van der Waals surface area (Å²) >= 11 is 3.59. The van der Waals surface area contributed by atoms with Gasteiger partial charge >= 0.3 is 0 Å². The summed E-state index contributed by atoms with van der Waals surface area (Å²) in [7, 11) is 0. The Labute approximate surface area is 130 Å². The molecule has 110 valence electrons. The van der Waals surface area contributed by atoms with Crippen LogP contribution in [0.5, 0.6) is 0 Å². The van der Waals surface area contributed by atoms with E-state index in [2.05, 4.69) is 63.2 Å². The highest BCUT2D eigenvalue weighted by atomic mass is 32.2. The molecule has 0 unspecified atom stereocenters. The van der Waals surface area contributed by atoms with Gasteiger partial charge in [-0.2, -0.15) is 0 Å². The van der Waals surface area contributed by atoms with Crippen LogP contribution in [0.2, 0.25) is 0 Å². The van der Waals surface area contributed by atoms with Crippen molar-refractivity contribution in [3.63, 3.8) is 0 Å². The van der Waals surface area contributed by atoms with Crippen molar-refractivity contribution >= 4 is 33.5 Å². The van der Waals surface area contributed by atoms with Gasteiger partial charge < -0.3 is 0 Å². The molecule has 0 radical (unpaired) electrons. The number of hydrogen-bond acceptors (Lipinski definition) is 4. The third-order valence-corrected chi connectivity index (χ3v) is 5.62. The van der Waals surface area contributed by atoms with Gasteiger partial charge in [0.1, 0.15) is 0 Å². The molecule has 2 aromatic rings. The molecule has 2 rings (SSSR count). The molecule has 0 spiro atoms. The van der Waals surface area contributed by atoms with Gasteiger partial charge in [-0.3, -0.25) is 0 Å². The number of aromatic nitrogens is 1. The van der Waals surface area contributed by atoms with Gasteiger partial charge in [-0.15, -0.1) is 11.3 Å². The van der Waals surface area contributed by atoms with Crippen LogP contribution in [0.3, 0.4) is 0 Å². The predicted molar refractivity (Wildman–Crippen MR) is 91.4 cm³/mol. The molecular weight excluding hydrogens is 284 g/mol. The zero-order valence-electron chi connectivity index (χ0n) is 13.0. The second-order valence-corrected chi connectivity index (χ2v) is 8.79. The molecule has 1 heterocycles. The molecular formula is C16H24N2S2. The Morgan fingerprint density at radius 3 is 2.55 bits per heavy atom. The predicted octanol–water partition coefficient (Wildman–Crippen LogP) is 5.45. The Bertz CT molecular complexity index is 522. The average molecular weight is 309 g/mol. The minimum absolute atomic E-state index is 0.150. The van der Waals surface area contributed by atoms with E-state index < -0.39 is 0 Å². The molecule has 0 saturated heterocycles. The third kappa shape index (κ3) is 4.21. The van der Waals surface area contributed by atoms with Crippen LogP contribution >= 0.6 is 23.3 Å². The quantitative estimate of drug-likeness (QED) is 0.683. The fourth-order valence-electron chi connectivity index (χ4n) is 1.88. The Hall–Kier alpha value is -0.580. The number of nitrogens with zero attached hydrogens (tertiary/aromatic N) is 2. The maximum atomic E-state index is 4.73. The van der Waals surface area contributed by atoms with Crippen LogP contribution in [0.1, 0.15) is 41.0 Å². The standard InChI is InChI=1S/C16H24N2S2/c1-12(2)10-11-18(16(3,4)5)20-15-17-13-8-6-7-9-14(13)19-15/h6-9,12H,10-11H2,1-5H3. The van der Waals surface area contributed by atoms with E-state index in [0.717, 1.165) is 22.3 Å². The van der Waals surface area contributed by atoms with Gasteiger partial charge in [0.2, 0.25) is 0 Å². The summed E-state index contributed by atoms with van der Waals surface area (Å²) in [4.78, 5) is 4.73. The number of thiazole rings is 1. The van der Waals surface area contributed by atoms with E-state index in [-0.39, 0.29) is 5.54 Å². The highest BCUT2D eigenvalue weighted by molar-refractivity contribution is 7.99. The van der Waals surface area contributed by atoms with Gasteiger partial charge in [0.15, 0.2) is 4.34 Å². The van der Waals surface area contributed by atoms with Crippen LogP contribution in [0, 0.1) is 5.92 Å². The summed E-state index contributed by atoms with van der Waals surface area (Å²) in [6, 6.07) is 8.37. The number of benzene rings is 1. The lowest BCUT2D eigenvalue weighted by molar-refractivity contribution is 0.261. The second-order valence-electron chi connectivity index (χ2n) is 6.49. The first kappa shape index (κ1) is 15.8. The van der Waals surface area contributed by atoms with Crippen LogP contribution in [-0.4, -0.2) is 21.4 Å². The maximum absolute atomic E-state index is 4.73. The van der Waals surface area contributed by atoms with Gasteiger partial charge in [0.05, 0.1) is 10.2 Å². The van der Waals surface area contributed by atoms with E-state index in [1.165, 1.54) is 11.1 Å². The van der Waals surface area contributed by atoms with E-state index in [1.54, 1.807) is 23.3 Å². The average Bonchev–Trinajstić information content (AvgIpc) is 2.75. The van der Waals surface area contributed by atoms with Crippen molar-refractivity contribution in [1.82, 2.24) is 9.29 Å². The van der Waals surface area contributed by atoms with Crippen molar-refractivity contribution in [3.8, 4) is 0 Å². The minimum Gasteiger partial charge on any atom is -0.239 e. The Morgan fingerprint density at radius 2 is 1.95 bits per heavy atom. The van der Waals surface area contributed by atoms with E-state index in [4.69, 9.17) is 4.98 Å². The maximum Gasteiger partial charge on any atom is 0.166 e. The first-order chi connectivity index (χ1) is 9.36. The van der Waals surface area contributed by atoms with Crippen LogP contribution in [0.15, 0.2) is 28.6 Å². The first-order valence-corrected chi connectivity index (χ1v) is 8.76. The van der Waals surface area contributed by atoms with Crippen molar-refractivity contribution in [3.05, 3.63) is 24.3 Å². The monoisotopic (exact) mass is 308 g/mol. The summed E-state index contributed by atoms with van der Waals surface area (Å²) in [6.07, 6.45) is 1.22. The lowest BCUT2D eigenvalue weighted by Gasteiger charge is -2.34. The van der Waals surface area contributed by atoms with Crippen molar-refractivity contribution in [1.29, 1.82) is 0 Å². The van der Waals surface area contributed by atoms with Crippen molar-refractivity contribution in [2.75, 3.05) is 6.54 Å². The van der Waals surface area contributed by atoms with Crippen molar-refractivity contribution in [2.45, 2.75) is 50.9 Å². The lowest BCUT2D eigenvalue weighted by atomic mass is 10.1. The Kier molecular flexibility index (Phi) is 5.10. The molecule has 0 bridgehead atoms. The lowest BCUT2D eigenvalue weighted by Crippen LogP contribution is -2.37. The fourth-order valence-corrected chi connectivity index (χ4v) is 4.06. The molecule has 2 nitrogen and oxygen atoms in total. The molecule has 0 aliphatic carbocycles. The van der Waals surface area contributed by atoms with Crippen LogP contribution in [0.25, 0.3) is 10.2 Å². The van der Waals surface area contributed by atoms with Gasteiger partial charge in [-0.1, -0.05) is 26.0 Å². The topological polar surface area (TPSA) is 16.1 Å². The molecule has 0 amide bonds. The zero-order chi connectivity index (χ0) is 14.8. The molecule has 20 heavy (non-hydrogen) atoms. The van der Waals surface area contributed by atoms with Crippen LogP contribution in [-0.2, 0) is 0 Å². The molecule has 0 aliphatic rings. The normalized spacial score (nSPS) is 12.8. The van der Waals surface area contributed by atoms with Crippen molar-refractivity contribution in [2.24, 2.45) is 5.92 Å². The molecule has 4 heteroatoms.